The second-order valence-electron chi connectivity index (χ2n) is 10.2. The van der Waals surface area contributed by atoms with Crippen LogP contribution in [0.4, 0.5) is 0 Å². The van der Waals surface area contributed by atoms with Crippen molar-refractivity contribution in [3.63, 3.8) is 0 Å². The highest BCUT2D eigenvalue weighted by atomic mass is 16.7. The Morgan fingerprint density at radius 3 is 2.75 bits per heavy atom. The lowest BCUT2D eigenvalue weighted by atomic mass is 9.54. The van der Waals surface area contributed by atoms with Crippen LogP contribution in [-0.4, -0.2) is 44.7 Å². The van der Waals surface area contributed by atoms with Crippen molar-refractivity contribution in [1.82, 2.24) is 0 Å². The Kier molecular flexibility index (Phi) is 5.11. The molecular formula is C24H32BNO6. The van der Waals surface area contributed by atoms with Crippen molar-refractivity contribution in [3.05, 3.63) is 35.9 Å². The average Bonchev–Trinajstić information content (AvgIpc) is 3.22. The van der Waals surface area contributed by atoms with Crippen LogP contribution in [0.5, 0.6) is 11.5 Å². The molecule has 8 heteroatoms. The zero-order valence-electron chi connectivity index (χ0n) is 19.3. The van der Waals surface area contributed by atoms with Gasteiger partial charge in [0.2, 0.25) is 5.79 Å². The zero-order chi connectivity index (χ0) is 22.8. The van der Waals surface area contributed by atoms with Crippen LogP contribution in [0.25, 0.3) is 0 Å². The number of hydrogen-bond acceptors (Lipinski definition) is 7. The Hall–Kier alpha value is -2.03. The predicted octanol–water partition coefficient (Wildman–Crippen LogP) is 3.53. The van der Waals surface area contributed by atoms with Crippen molar-refractivity contribution in [1.29, 1.82) is 0 Å². The van der Waals surface area contributed by atoms with Gasteiger partial charge in [0.1, 0.15) is 17.1 Å². The summed E-state index contributed by atoms with van der Waals surface area (Å²) >= 11 is 0. The van der Waals surface area contributed by atoms with Crippen LogP contribution in [0, 0.1) is 17.3 Å². The van der Waals surface area contributed by atoms with Crippen molar-refractivity contribution in [2.24, 2.45) is 23.0 Å². The van der Waals surface area contributed by atoms with Gasteiger partial charge in [-0.1, -0.05) is 19.1 Å². The zero-order valence-corrected chi connectivity index (χ0v) is 19.3. The van der Waals surface area contributed by atoms with Gasteiger partial charge < -0.3 is 29.3 Å². The lowest BCUT2D eigenvalue weighted by Gasteiger charge is -2.51. The fraction of sp³-hybridized carbons (Fsp3) is 0.625. The summed E-state index contributed by atoms with van der Waals surface area (Å²) in [4.78, 5) is 12.7. The van der Waals surface area contributed by atoms with Crippen molar-refractivity contribution >= 4 is 13.1 Å². The van der Waals surface area contributed by atoms with Crippen molar-refractivity contribution < 1.29 is 28.3 Å². The third kappa shape index (κ3) is 3.10. The van der Waals surface area contributed by atoms with Gasteiger partial charge in [-0.15, -0.1) is 6.58 Å². The summed E-state index contributed by atoms with van der Waals surface area (Å²) in [6.07, 6.45) is 5.07. The van der Waals surface area contributed by atoms with E-state index in [1.807, 2.05) is 6.07 Å². The molecule has 2 aliphatic carbocycles. The molecule has 3 fully saturated rings. The van der Waals surface area contributed by atoms with Crippen LogP contribution in [-0.2, 0) is 14.0 Å². The van der Waals surface area contributed by atoms with E-state index in [0.29, 0.717) is 41.8 Å². The van der Waals surface area contributed by atoms with E-state index < -0.39 is 11.8 Å². The molecule has 2 N–H and O–H groups in total. The first-order chi connectivity index (χ1) is 15.2. The van der Waals surface area contributed by atoms with Crippen molar-refractivity contribution in [2.75, 3.05) is 13.7 Å². The van der Waals surface area contributed by atoms with Crippen LogP contribution in [0.1, 0.15) is 55.5 Å². The molecule has 0 spiro atoms. The molecule has 5 rings (SSSR count). The first-order valence-electron chi connectivity index (χ1n) is 11.5. The van der Waals surface area contributed by atoms with Crippen molar-refractivity contribution in [3.8, 4) is 11.5 Å². The summed E-state index contributed by atoms with van der Waals surface area (Å²) in [5, 5.41) is 0. The fourth-order valence-corrected chi connectivity index (χ4v) is 6.27. The quantitative estimate of drug-likeness (QED) is 0.411. The molecule has 32 heavy (non-hydrogen) atoms. The Morgan fingerprint density at radius 1 is 1.28 bits per heavy atom. The standard InChI is InChI=1S/C24H32BNO6/c1-6-14-9-15-10-18-21(24(14,15)4)32-25(31-18)11-13(12-26)16-7-8-17(28-5)19-20(16)29-23(2,3)30-22(19)27/h6-8,13-15,18,21H,1,9-12,26H2,2-5H3. The monoisotopic (exact) mass is 441 g/mol. The third-order valence-electron chi connectivity index (χ3n) is 8.06. The second-order valence-corrected chi connectivity index (χ2v) is 10.2. The number of allylic oxidation sites excluding steroid dienone is 1. The first kappa shape index (κ1) is 21.8. The van der Waals surface area contributed by atoms with Gasteiger partial charge in [0.25, 0.3) is 0 Å². The normalized spacial score (nSPS) is 35.0. The minimum absolute atomic E-state index is 0.0858. The molecule has 6 atom stereocenters. The first-order valence-corrected chi connectivity index (χ1v) is 11.5. The van der Waals surface area contributed by atoms with E-state index in [0.717, 1.165) is 12.0 Å². The number of carbonyl (C=O) groups is 1. The van der Waals surface area contributed by atoms with Gasteiger partial charge in [-0.2, -0.15) is 0 Å². The smallest absolute Gasteiger partial charge is 0.458 e. The maximum Gasteiger partial charge on any atom is 0.458 e. The van der Waals surface area contributed by atoms with Gasteiger partial charge in [-0.3, -0.25) is 0 Å². The molecule has 1 aromatic rings. The lowest BCUT2D eigenvalue weighted by Crippen LogP contribution is -2.50. The SMILES string of the molecule is C=CC1CC2CC3OB(CC(CN)c4ccc(OC)c5c4OC(C)(C)OC5=O)OC3C12C. The van der Waals surface area contributed by atoms with E-state index in [4.69, 9.17) is 29.3 Å². The van der Waals surface area contributed by atoms with Crippen LogP contribution in [0.15, 0.2) is 24.8 Å². The number of esters is 1. The molecule has 2 saturated carbocycles. The Morgan fingerprint density at radius 2 is 2.06 bits per heavy atom. The molecular weight excluding hydrogens is 409 g/mol. The maximum absolute atomic E-state index is 12.7. The van der Waals surface area contributed by atoms with E-state index >= 15 is 0 Å². The van der Waals surface area contributed by atoms with E-state index in [9.17, 15) is 4.79 Å². The number of fused-ring (bicyclic) bond motifs is 4. The van der Waals surface area contributed by atoms with Gasteiger partial charge in [0.05, 0.1) is 19.3 Å². The number of methoxy groups -OCH3 is 1. The minimum atomic E-state index is -1.07. The molecule has 1 aromatic carbocycles. The van der Waals surface area contributed by atoms with Crippen LogP contribution in [0.2, 0.25) is 6.32 Å². The average molecular weight is 441 g/mol. The second kappa shape index (κ2) is 7.50. The van der Waals surface area contributed by atoms with E-state index in [1.54, 1.807) is 19.9 Å². The van der Waals surface area contributed by atoms with Crippen LogP contribution in [0.3, 0.4) is 0 Å². The van der Waals surface area contributed by atoms with Gasteiger partial charge in [0, 0.05) is 19.3 Å². The summed E-state index contributed by atoms with van der Waals surface area (Å²) in [7, 11) is 1.18. The van der Waals surface area contributed by atoms with E-state index in [1.165, 1.54) is 13.5 Å². The largest absolute Gasteiger partial charge is 0.496 e. The van der Waals surface area contributed by atoms with Gasteiger partial charge in [-0.25, -0.2) is 4.79 Å². The molecule has 0 aromatic heterocycles. The van der Waals surface area contributed by atoms with Crippen LogP contribution < -0.4 is 15.2 Å². The molecule has 6 unspecified atom stereocenters. The highest BCUT2D eigenvalue weighted by Crippen LogP contribution is 2.64. The number of cyclic esters (lactones) is 1. The molecule has 1 saturated heterocycles. The summed E-state index contributed by atoms with van der Waals surface area (Å²) in [5.41, 5.74) is 7.45. The predicted molar refractivity (Wildman–Crippen MR) is 120 cm³/mol. The number of rotatable bonds is 6. The van der Waals surface area contributed by atoms with Gasteiger partial charge >= 0.3 is 13.1 Å². The number of hydrogen-bond donors (Lipinski definition) is 1. The van der Waals surface area contributed by atoms with E-state index in [2.05, 4.69) is 19.6 Å². The highest BCUT2D eigenvalue weighted by Gasteiger charge is 2.66. The van der Waals surface area contributed by atoms with E-state index in [-0.39, 0.29) is 30.7 Å². The maximum atomic E-state index is 12.7. The summed E-state index contributed by atoms with van der Waals surface area (Å²) in [5.74, 6) is 0.357. The Bertz CT molecular complexity index is 951. The topological polar surface area (TPSA) is 89.2 Å². The molecule has 2 aliphatic heterocycles. The molecule has 4 aliphatic rings. The molecule has 0 radical (unpaired) electrons. The summed E-state index contributed by atoms with van der Waals surface area (Å²) in [6, 6.07) is 3.68. The van der Waals surface area contributed by atoms with Crippen molar-refractivity contribution in [2.45, 2.75) is 63.8 Å². The molecule has 0 bridgehead atoms. The molecule has 2 heterocycles. The number of benzene rings is 1. The molecule has 0 amide bonds. The number of carbonyl (C=O) groups excluding carboxylic acids is 1. The number of ether oxygens (including phenoxy) is 3. The molecule has 172 valence electrons. The summed E-state index contributed by atoms with van der Waals surface area (Å²) in [6.45, 7) is 10.1. The fourth-order valence-electron chi connectivity index (χ4n) is 6.27. The van der Waals surface area contributed by atoms with Gasteiger partial charge in [0.15, 0.2) is 0 Å². The van der Waals surface area contributed by atoms with Gasteiger partial charge in [-0.05, 0) is 55.1 Å². The number of nitrogens with two attached hydrogens (primary N) is 1. The summed E-state index contributed by atoms with van der Waals surface area (Å²) < 4.78 is 29.8. The molecule has 7 nitrogen and oxygen atoms in total. The third-order valence-corrected chi connectivity index (χ3v) is 8.06. The van der Waals surface area contributed by atoms with Crippen LogP contribution >= 0.6 is 0 Å². The Labute approximate surface area is 189 Å². The lowest BCUT2D eigenvalue weighted by molar-refractivity contribution is -0.128. The Balaban J connectivity index is 1.40. The highest BCUT2D eigenvalue weighted by molar-refractivity contribution is 6.45. The minimum Gasteiger partial charge on any atom is -0.496 e.